The average molecular weight is 416 g/mol. The van der Waals surface area contributed by atoms with Gasteiger partial charge in [0.15, 0.2) is 6.61 Å². The molecule has 0 N–H and O–H groups in total. The fourth-order valence-corrected chi connectivity index (χ4v) is 3.51. The number of carbonyl (C=O) groups excluding carboxylic acids is 2. The Morgan fingerprint density at radius 1 is 1.38 bits per heavy atom. The molecular formula is C21H25N3O4S. The molecule has 0 bridgehead atoms. The summed E-state index contributed by atoms with van der Waals surface area (Å²) in [5, 5.41) is 13.3. The van der Waals surface area contributed by atoms with Crippen molar-refractivity contribution < 1.29 is 19.1 Å². The lowest BCUT2D eigenvalue weighted by atomic mass is 10.1. The number of methoxy groups -OCH3 is 1. The normalized spacial score (nSPS) is 11.2. The van der Waals surface area contributed by atoms with Crippen LogP contribution in [0, 0.1) is 25.2 Å². The van der Waals surface area contributed by atoms with Crippen LogP contribution in [0.4, 0.5) is 0 Å². The molecule has 0 saturated heterocycles. The Hall–Kier alpha value is -2.89. The zero-order valence-electron chi connectivity index (χ0n) is 17.1. The fourth-order valence-electron chi connectivity index (χ4n) is 2.85. The van der Waals surface area contributed by atoms with Gasteiger partial charge in [-0.1, -0.05) is 0 Å². The minimum absolute atomic E-state index is 0.148. The highest BCUT2D eigenvalue weighted by molar-refractivity contribution is 7.07. The minimum atomic E-state index is -0.813. The van der Waals surface area contributed by atoms with Crippen molar-refractivity contribution in [3.8, 4) is 6.07 Å². The highest BCUT2D eigenvalue weighted by Crippen LogP contribution is 2.19. The van der Waals surface area contributed by atoms with Crippen molar-refractivity contribution in [3.05, 3.63) is 51.0 Å². The number of nitriles is 1. The summed E-state index contributed by atoms with van der Waals surface area (Å²) in [6.07, 6.45) is 1.49. The van der Waals surface area contributed by atoms with Gasteiger partial charge < -0.3 is 18.9 Å². The number of esters is 1. The van der Waals surface area contributed by atoms with E-state index in [2.05, 4.69) is 4.57 Å². The van der Waals surface area contributed by atoms with Gasteiger partial charge in [0, 0.05) is 38.6 Å². The number of rotatable bonds is 9. The fraction of sp³-hybridized carbons (Fsp3) is 0.381. The third kappa shape index (κ3) is 6.04. The second-order valence-electron chi connectivity index (χ2n) is 6.60. The zero-order chi connectivity index (χ0) is 21.4. The molecule has 0 spiro atoms. The van der Waals surface area contributed by atoms with Gasteiger partial charge in [0.1, 0.15) is 11.6 Å². The van der Waals surface area contributed by atoms with Gasteiger partial charge in [-0.05, 0) is 53.9 Å². The summed E-state index contributed by atoms with van der Waals surface area (Å²) in [6.45, 7) is 5.14. The summed E-state index contributed by atoms with van der Waals surface area (Å²) in [6, 6.07) is 5.70. The van der Waals surface area contributed by atoms with Gasteiger partial charge in [-0.2, -0.15) is 16.6 Å². The van der Waals surface area contributed by atoms with E-state index in [-0.39, 0.29) is 11.5 Å². The van der Waals surface area contributed by atoms with E-state index in [4.69, 9.17) is 9.47 Å². The first-order valence-corrected chi connectivity index (χ1v) is 10.0. The van der Waals surface area contributed by atoms with Crippen molar-refractivity contribution in [2.24, 2.45) is 0 Å². The third-order valence-electron chi connectivity index (χ3n) is 4.52. The van der Waals surface area contributed by atoms with Crippen molar-refractivity contribution in [3.63, 3.8) is 0 Å². The van der Waals surface area contributed by atoms with Crippen LogP contribution < -0.4 is 0 Å². The first-order chi connectivity index (χ1) is 13.9. The molecule has 7 nitrogen and oxygen atoms in total. The summed E-state index contributed by atoms with van der Waals surface area (Å²) in [4.78, 5) is 25.9. The first-order valence-electron chi connectivity index (χ1n) is 9.07. The van der Waals surface area contributed by atoms with E-state index in [0.29, 0.717) is 19.7 Å². The van der Waals surface area contributed by atoms with E-state index in [0.717, 1.165) is 22.5 Å². The Bertz CT molecular complexity index is 923. The van der Waals surface area contributed by atoms with Crippen molar-refractivity contribution in [1.29, 1.82) is 5.26 Å². The zero-order valence-corrected chi connectivity index (χ0v) is 17.9. The number of carbonyl (C=O) groups is 2. The molecule has 2 heterocycles. The molecule has 29 heavy (non-hydrogen) atoms. The second-order valence-corrected chi connectivity index (χ2v) is 7.38. The summed E-state index contributed by atoms with van der Waals surface area (Å²) in [5.74, 6) is -1.15. The van der Waals surface area contributed by atoms with Crippen LogP contribution in [0.15, 0.2) is 28.5 Å². The highest BCUT2D eigenvalue weighted by atomic mass is 32.1. The van der Waals surface area contributed by atoms with Crippen LogP contribution in [0.2, 0.25) is 0 Å². The van der Waals surface area contributed by atoms with Gasteiger partial charge in [0.05, 0.1) is 6.61 Å². The summed E-state index contributed by atoms with van der Waals surface area (Å²) in [5.41, 5.74) is 3.55. The predicted octanol–water partition coefficient (Wildman–Crippen LogP) is 2.92. The minimum Gasteiger partial charge on any atom is -0.451 e. The van der Waals surface area contributed by atoms with Crippen molar-refractivity contribution in [2.75, 3.05) is 27.4 Å². The average Bonchev–Trinajstić information content (AvgIpc) is 3.30. The van der Waals surface area contributed by atoms with E-state index in [9.17, 15) is 14.9 Å². The van der Waals surface area contributed by atoms with Gasteiger partial charge >= 0.3 is 5.97 Å². The molecular weight excluding hydrogens is 390 g/mol. The summed E-state index contributed by atoms with van der Waals surface area (Å²) >= 11 is 1.55. The molecule has 2 aromatic rings. The Balaban J connectivity index is 2.01. The van der Waals surface area contributed by atoms with Crippen LogP contribution in [-0.4, -0.2) is 48.7 Å². The molecule has 0 aliphatic heterocycles. The maximum Gasteiger partial charge on any atom is 0.349 e. The van der Waals surface area contributed by atoms with Crippen LogP contribution in [0.1, 0.15) is 22.5 Å². The van der Waals surface area contributed by atoms with Gasteiger partial charge in [-0.25, -0.2) is 4.79 Å². The number of amides is 1. The molecule has 8 heteroatoms. The third-order valence-corrected chi connectivity index (χ3v) is 5.26. The van der Waals surface area contributed by atoms with Crippen molar-refractivity contribution in [1.82, 2.24) is 9.47 Å². The SMILES string of the molecule is COCCn1c(C)cc(/C=C(\C#N)C(=O)OCC(=O)N(C)Cc2ccsc2)c1C. The molecule has 0 saturated carbocycles. The Morgan fingerprint density at radius 3 is 2.76 bits per heavy atom. The van der Waals surface area contributed by atoms with Crippen LogP contribution in [-0.2, 0) is 32.2 Å². The lowest BCUT2D eigenvalue weighted by Crippen LogP contribution is -2.30. The Morgan fingerprint density at radius 2 is 2.14 bits per heavy atom. The Kier molecular flexibility index (Phi) is 8.19. The maximum absolute atomic E-state index is 12.3. The van der Waals surface area contributed by atoms with Crippen molar-refractivity contribution >= 4 is 29.3 Å². The van der Waals surface area contributed by atoms with Gasteiger partial charge in [0.25, 0.3) is 5.91 Å². The standard InChI is InChI=1S/C21H25N3O4S/c1-15-9-18(16(2)24(15)6-7-27-4)10-19(11-22)21(26)28-13-20(25)23(3)12-17-5-8-29-14-17/h5,8-10,14H,6-7,12-13H2,1-4H3/b19-10+. The lowest BCUT2D eigenvalue weighted by Gasteiger charge is -2.16. The summed E-state index contributed by atoms with van der Waals surface area (Å²) < 4.78 is 12.2. The molecule has 0 radical (unpaired) electrons. The second kappa shape index (κ2) is 10.6. The topological polar surface area (TPSA) is 84.6 Å². The largest absolute Gasteiger partial charge is 0.451 e. The van der Waals surface area contributed by atoms with Crippen LogP contribution in [0.3, 0.4) is 0 Å². The smallest absolute Gasteiger partial charge is 0.349 e. The summed E-state index contributed by atoms with van der Waals surface area (Å²) in [7, 11) is 3.28. The molecule has 1 amide bonds. The number of likely N-dealkylation sites (N-methyl/N-ethyl adjacent to an activating group) is 1. The lowest BCUT2D eigenvalue weighted by molar-refractivity contribution is -0.148. The number of hydrogen-bond acceptors (Lipinski definition) is 6. The molecule has 0 aliphatic rings. The van der Waals surface area contributed by atoms with Gasteiger partial charge in [-0.3, -0.25) is 4.79 Å². The van der Waals surface area contributed by atoms with Crippen LogP contribution in [0.25, 0.3) is 6.08 Å². The number of ether oxygens (including phenoxy) is 2. The molecule has 2 rings (SSSR count). The Labute approximate surface area is 174 Å². The molecule has 0 aromatic carbocycles. The van der Waals surface area contributed by atoms with E-state index in [1.807, 2.05) is 42.8 Å². The predicted molar refractivity (Wildman–Crippen MR) is 111 cm³/mol. The number of aryl methyl sites for hydroxylation is 1. The maximum atomic E-state index is 12.3. The molecule has 0 aliphatic carbocycles. The van der Waals surface area contributed by atoms with E-state index >= 15 is 0 Å². The van der Waals surface area contributed by atoms with E-state index in [1.54, 1.807) is 25.5 Å². The molecule has 0 unspecified atom stereocenters. The van der Waals surface area contributed by atoms with E-state index < -0.39 is 12.6 Å². The number of aromatic nitrogens is 1. The number of thiophene rings is 1. The number of hydrogen-bond donors (Lipinski definition) is 0. The van der Waals surface area contributed by atoms with Gasteiger partial charge in [0.2, 0.25) is 0 Å². The number of nitrogens with zero attached hydrogens (tertiary/aromatic N) is 3. The highest BCUT2D eigenvalue weighted by Gasteiger charge is 2.17. The molecule has 2 aromatic heterocycles. The van der Waals surface area contributed by atoms with E-state index in [1.165, 1.54) is 11.0 Å². The first kappa shape index (κ1) is 22.4. The van der Waals surface area contributed by atoms with Crippen LogP contribution >= 0.6 is 11.3 Å². The van der Waals surface area contributed by atoms with Crippen LogP contribution in [0.5, 0.6) is 0 Å². The van der Waals surface area contributed by atoms with Crippen molar-refractivity contribution in [2.45, 2.75) is 26.9 Å². The quantitative estimate of drug-likeness (QED) is 0.357. The molecule has 0 fully saturated rings. The van der Waals surface area contributed by atoms with Gasteiger partial charge in [-0.15, -0.1) is 0 Å². The molecule has 154 valence electrons. The monoisotopic (exact) mass is 415 g/mol. The molecule has 0 atom stereocenters.